The van der Waals surface area contributed by atoms with Crippen molar-refractivity contribution in [1.82, 2.24) is 0 Å². The van der Waals surface area contributed by atoms with Crippen LogP contribution in [0.2, 0.25) is 0 Å². The average molecular weight is 359 g/mol. The van der Waals surface area contributed by atoms with Crippen molar-refractivity contribution in [2.75, 3.05) is 7.04 Å². The number of methoxy groups -OCH3 is 1. The molecule has 26 heavy (non-hydrogen) atoms. The molecule has 2 rings (SSSR count). The van der Waals surface area contributed by atoms with Crippen LogP contribution in [0.25, 0.3) is 12.1 Å². The summed E-state index contributed by atoms with van der Waals surface area (Å²) in [6, 6.07) is 4.56. The Morgan fingerprint density at radius 3 is 2.42 bits per heavy atom. The Hall–Kier alpha value is -3.47. The van der Waals surface area contributed by atoms with Crippen LogP contribution in [0.3, 0.4) is 0 Å². The number of aromatic hydroxyl groups is 2. The monoisotopic (exact) mass is 359 g/mol. The summed E-state index contributed by atoms with van der Waals surface area (Å²) in [5.41, 5.74) is 0.535. The third-order valence-corrected chi connectivity index (χ3v) is 3.20. The number of aliphatic hydroxyl groups is 1. The van der Waals surface area contributed by atoms with Gasteiger partial charge in [-0.3, -0.25) is 4.79 Å². The second-order valence-corrected chi connectivity index (χ2v) is 5.18. The largest absolute Gasteiger partial charge is 0.508 e. The second kappa shape index (κ2) is 8.58. The summed E-state index contributed by atoms with van der Waals surface area (Å²) in [6.45, 7) is 1.58. The molecule has 0 amide bonds. The fourth-order valence-electron chi connectivity index (χ4n) is 1.87. The summed E-state index contributed by atoms with van der Waals surface area (Å²) in [5.74, 6) is -3.07. The van der Waals surface area contributed by atoms with Crippen molar-refractivity contribution in [3.63, 3.8) is 0 Å². The number of hydrogen-bond acceptors (Lipinski definition) is 5. The minimum absolute atomic E-state index is 0.0124. The quantitative estimate of drug-likeness (QED) is 0.410. The van der Waals surface area contributed by atoms with Gasteiger partial charge in [0, 0.05) is 6.08 Å². The molecule has 0 aliphatic heterocycles. The molecule has 0 fully saturated rings. The maximum Gasteiger partial charge on any atom is 0.182 e. The predicted octanol–water partition coefficient (Wildman–Crippen LogP) is 4.15. The normalized spacial score (nSPS) is 17.9. The predicted molar refractivity (Wildman–Crippen MR) is 101 cm³/mol. The van der Waals surface area contributed by atoms with Gasteiger partial charge >= 0.3 is 0 Å². The van der Waals surface area contributed by atoms with E-state index in [0.29, 0.717) is 11.6 Å². The lowest BCUT2D eigenvalue weighted by Crippen LogP contribution is -1.89. The van der Waals surface area contributed by atoms with Crippen molar-refractivity contribution in [2.24, 2.45) is 0 Å². The highest BCUT2D eigenvalue weighted by atomic mass is 16.5. The Morgan fingerprint density at radius 1 is 1.08 bits per heavy atom. The lowest BCUT2D eigenvalue weighted by molar-refractivity contribution is -0.110. The van der Waals surface area contributed by atoms with E-state index in [1.807, 2.05) is 0 Å². The van der Waals surface area contributed by atoms with Gasteiger partial charge in [0.2, 0.25) is 0 Å². The van der Waals surface area contributed by atoms with Gasteiger partial charge in [0.05, 0.1) is 16.6 Å². The van der Waals surface area contributed by atoms with Gasteiger partial charge in [0.1, 0.15) is 11.5 Å². The molecular formula is C21H20O5. The first-order valence-corrected chi connectivity index (χ1v) is 7.34. The van der Waals surface area contributed by atoms with E-state index >= 15 is 0 Å². The van der Waals surface area contributed by atoms with Crippen LogP contribution < -0.4 is 4.74 Å². The molecule has 3 N–H and O–H groups in total. The van der Waals surface area contributed by atoms with E-state index < -0.39 is 54.3 Å². The number of hydrogen-bond donors (Lipinski definition) is 3. The number of carbonyl (C=O) groups is 1. The lowest BCUT2D eigenvalue weighted by Gasteiger charge is -2.03. The molecular weight excluding hydrogens is 332 g/mol. The van der Waals surface area contributed by atoms with Gasteiger partial charge in [-0.25, -0.2) is 0 Å². The third-order valence-electron chi connectivity index (χ3n) is 3.20. The zero-order valence-corrected chi connectivity index (χ0v) is 13.7. The summed E-state index contributed by atoms with van der Waals surface area (Å²) in [4.78, 5) is 12.3. The van der Waals surface area contributed by atoms with E-state index in [1.54, 1.807) is 6.92 Å². The minimum Gasteiger partial charge on any atom is -0.508 e. The molecule has 0 saturated carbocycles. The van der Waals surface area contributed by atoms with Crippen LogP contribution in [0, 0.1) is 6.92 Å². The summed E-state index contributed by atoms with van der Waals surface area (Å²) in [7, 11) is -2.88. The van der Waals surface area contributed by atoms with Crippen LogP contribution in [0.1, 0.15) is 26.3 Å². The SMILES string of the molecule is [2H]/C(C(=O)/C=C(O)/C([2H])=C(\[2H])c1ccc(O)c(C)c1)=C(/[2H])c1ccc(O)c(OC([2H])([2H])[2H])c1. The number of aliphatic hydroxyl groups excluding tert-OH is 1. The standard InChI is InChI=1S/C21H20O5/c1-14-11-15(5-9-19(14)24)3-7-17(22)13-18(23)8-4-16-6-10-20(25)21(12-16)26-2/h3-13,22,24-25H,1-2H3/b7-3+,8-4+,17-13-/i2D3,3D,4D,7D,8D. The maximum absolute atomic E-state index is 12.3. The molecule has 0 spiro atoms. The number of phenols is 2. The second-order valence-electron chi connectivity index (χ2n) is 5.18. The molecule has 0 heterocycles. The van der Waals surface area contributed by atoms with Crippen LogP contribution >= 0.6 is 0 Å². The highest BCUT2D eigenvalue weighted by Gasteiger charge is 2.01. The topological polar surface area (TPSA) is 87.0 Å². The number of allylic oxidation sites excluding steroid dienone is 3. The zero-order chi connectivity index (χ0) is 25.1. The molecule has 0 radical (unpaired) electrons. The van der Waals surface area contributed by atoms with Crippen molar-refractivity contribution in [1.29, 1.82) is 0 Å². The number of rotatable bonds is 6. The molecule has 0 bridgehead atoms. The van der Waals surface area contributed by atoms with Crippen LogP contribution in [0.5, 0.6) is 17.2 Å². The molecule has 134 valence electrons. The van der Waals surface area contributed by atoms with Crippen molar-refractivity contribution in [3.8, 4) is 17.2 Å². The summed E-state index contributed by atoms with van der Waals surface area (Å²) in [6.07, 6.45) is 0.515. The zero-order valence-electron chi connectivity index (χ0n) is 20.7. The molecule has 0 aliphatic rings. The number of benzene rings is 2. The van der Waals surface area contributed by atoms with Gasteiger partial charge in [-0.05, 0) is 60.0 Å². The molecule has 0 atom stereocenters. The molecule has 2 aromatic carbocycles. The third kappa shape index (κ3) is 5.27. The number of ether oxygens (including phenoxy) is 1. The van der Waals surface area contributed by atoms with Crippen molar-refractivity contribution in [3.05, 3.63) is 77.0 Å². The lowest BCUT2D eigenvalue weighted by atomic mass is 10.1. The minimum atomic E-state index is -2.88. The van der Waals surface area contributed by atoms with Crippen molar-refractivity contribution >= 4 is 17.9 Å². The summed E-state index contributed by atoms with van der Waals surface area (Å²) < 4.78 is 57.8. The van der Waals surface area contributed by atoms with Gasteiger partial charge in [0.25, 0.3) is 0 Å². The molecule has 0 aromatic heterocycles. The smallest absolute Gasteiger partial charge is 0.182 e. The van der Waals surface area contributed by atoms with Gasteiger partial charge in [-0.15, -0.1) is 0 Å². The van der Waals surface area contributed by atoms with E-state index in [9.17, 15) is 20.1 Å². The first-order valence-electron chi connectivity index (χ1n) is 10.8. The molecule has 5 heteroatoms. The van der Waals surface area contributed by atoms with E-state index in [4.69, 9.17) is 9.60 Å². The van der Waals surface area contributed by atoms with E-state index in [0.717, 1.165) is 12.1 Å². The van der Waals surface area contributed by atoms with Crippen LogP contribution in [0.15, 0.2) is 60.3 Å². The van der Waals surface area contributed by atoms with Gasteiger partial charge in [-0.2, -0.15) is 0 Å². The molecule has 5 nitrogen and oxygen atoms in total. The van der Waals surface area contributed by atoms with Gasteiger partial charge in [0.15, 0.2) is 17.3 Å². The number of phenolic OH excluding ortho intramolecular Hbond substituents is 2. The highest BCUT2D eigenvalue weighted by Crippen LogP contribution is 2.26. The van der Waals surface area contributed by atoms with Crippen LogP contribution in [-0.4, -0.2) is 28.1 Å². The Labute approximate surface area is 161 Å². The number of ketones is 1. The van der Waals surface area contributed by atoms with E-state index in [1.165, 1.54) is 24.3 Å². The average Bonchev–Trinajstić information content (AvgIpc) is 2.74. The molecule has 0 unspecified atom stereocenters. The Morgan fingerprint density at radius 2 is 1.73 bits per heavy atom. The Kier molecular flexibility index (Phi) is 3.70. The Balaban J connectivity index is 2.37. The number of carbonyl (C=O) groups excluding carboxylic acids is 1. The Bertz CT molecular complexity index is 1180. The van der Waals surface area contributed by atoms with Crippen molar-refractivity contribution < 1.29 is 34.4 Å². The first-order chi connectivity index (χ1) is 15.2. The fourth-order valence-corrected chi connectivity index (χ4v) is 1.87. The van der Waals surface area contributed by atoms with Crippen LogP contribution in [0.4, 0.5) is 0 Å². The maximum atomic E-state index is 12.3. The number of aryl methyl sites for hydroxylation is 1. The summed E-state index contributed by atoms with van der Waals surface area (Å²) in [5, 5.41) is 29.4. The first kappa shape index (κ1) is 11.2. The molecule has 2 aromatic rings. The van der Waals surface area contributed by atoms with Gasteiger partial charge in [-0.1, -0.05) is 24.2 Å². The molecule has 0 aliphatic carbocycles. The van der Waals surface area contributed by atoms with Crippen LogP contribution in [-0.2, 0) is 4.79 Å². The summed E-state index contributed by atoms with van der Waals surface area (Å²) >= 11 is 0. The molecule has 0 saturated heterocycles. The van der Waals surface area contributed by atoms with E-state index in [-0.39, 0.29) is 16.9 Å². The fraction of sp³-hybridized carbons (Fsp3) is 0.0952. The van der Waals surface area contributed by atoms with Gasteiger partial charge < -0.3 is 20.1 Å². The highest BCUT2D eigenvalue weighted by molar-refractivity contribution is 6.02. The van der Waals surface area contributed by atoms with E-state index in [2.05, 4.69) is 4.74 Å². The van der Waals surface area contributed by atoms with Crippen molar-refractivity contribution in [2.45, 2.75) is 6.92 Å².